The summed E-state index contributed by atoms with van der Waals surface area (Å²) >= 11 is 1.72. The smallest absolute Gasteiger partial charge is 0.213 e. The van der Waals surface area contributed by atoms with Crippen LogP contribution in [0, 0.1) is 5.88 Å². The molecule has 1 aromatic heterocycles. The van der Waals surface area contributed by atoms with Crippen LogP contribution in [0.4, 0.5) is 0 Å². The molecule has 3 nitrogen and oxygen atoms in total. The Labute approximate surface area is 193 Å². The van der Waals surface area contributed by atoms with Crippen LogP contribution < -0.4 is 4.74 Å². The van der Waals surface area contributed by atoms with E-state index in [0.29, 0.717) is 12.5 Å². The lowest BCUT2D eigenvalue weighted by molar-refractivity contribution is 0.294. The number of pyridine rings is 1. The number of thioether (sulfide) groups is 1. The van der Waals surface area contributed by atoms with Gasteiger partial charge in [-0.25, -0.2) is 4.98 Å². The van der Waals surface area contributed by atoms with Gasteiger partial charge in [0.15, 0.2) is 0 Å². The Kier molecular flexibility index (Phi) is 6.22. The second-order valence-electron chi connectivity index (χ2n) is 7.56. The minimum atomic E-state index is 0.512. The zero-order chi connectivity index (χ0) is 21.6. The van der Waals surface area contributed by atoms with Crippen molar-refractivity contribution in [3.63, 3.8) is 0 Å². The van der Waals surface area contributed by atoms with Gasteiger partial charge in [-0.05, 0) is 28.2 Å². The lowest BCUT2D eigenvalue weighted by Gasteiger charge is -2.23. The lowest BCUT2D eigenvalue weighted by Crippen LogP contribution is -2.14. The molecular weight excluding hydrogens is 412 g/mol. The van der Waals surface area contributed by atoms with Crippen LogP contribution in [-0.4, -0.2) is 9.88 Å². The van der Waals surface area contributed by atoms with Crippen molar-refractivity contribution < 1.29 is 4.74 Å². The van der Waals surface area contributed by atoms with E-state index in [1.54, 1.807) is 11.8 Å². The van der Waals surface area contributed by atoms with Gasteiger partial charge in [-0.1, -0.05) is 84.9 Å². The van der Waals surface area contributed by atoms with Crippen LogP contribution in [0.1, 0.15) is 16.7 Å². The highest BCUT2D eigenvalue weighted by atomic mass is 32.2. The molecule has 0 N–H and O–H groups in total. The predicted octanol–water partition coefficient (Wildman–Crippen LogP) is 6.99. The molecule has 0 unspecified atom stereocenters. The van der Waals surface area contributed by atoms with E-state index in [1.165, 1.54) is 16.8 Å². The summed E-state index contributed by atoms with van der Waals surface area (Å²) in [7, 11) is 0. The van der Waals surface area contributed by atoms with Crippen LogP contribution in [-0.2, 0) is 13.2 Å². The maximum Gasteiger partial charge on any atom is 0.213 e. The summed E-state index contributed by atoms with van der Waals surface area (Å²) in [5, 5.41) is 2.21. The predicted molar refractivity (Wildman–Crippen MR) is 132 cm³/mol. The molecule has 157 valence electrons. The van der Waals surface area contributed by atoms with Crippen molar-refractivity contribution in [1.29, 1.82) is 0 Å². The molecule has 0 fully saturated rings. The second-order valence-corrected chi connectivity index (χ2v) is 8.28. The molecule has 0 saturated carbocycles. The minimum absolute atomic E-state index is 0.512. The Morgan fingerprint density at radius 1 is 0.719 bits per heavy atom. The summed E-state index contributed by atoms with van der Waals surface area (Å²) in [4.78, 5) is 6.87. The third-order valence-electron chi connectivity index (χ3n) is 5.35. The number of hydrogen-bond acceptors (Lipinski definition) is 4. The van der Waals surface area contributed by atoms with Gasteiger partial charge in [-0.15, -0.1) is 11.8 Å². The third-order valence-corrected chi connectivity index (χ3v) is 6.09. The SMILES string of the molecule is [CH]1SC=C(c2ccccc2-c2ccc(OCc3ccccc3)nc2)N1Cc1ccccc1. The molecule has 4 heteroatoms. The second kappa shape index (κ2) is 9.75. The highest BCUT2D eigenvalue weighted by Crippen LogP contribution is 2.39. The highest BCUT2D eigenvalue weighted by Gasteiger charge is 2.21. The van der Waals surface area contributed by atoms with Crippen molar-refractivity contribution in [3.05, 3.63) is 131 Å². The fourth-order valence-corrected chi connectivity index (χ4v) is 4.52. The van der Waals surface area contributed by atoms with Crippen LogP contribution in [0.3, 0.4) is 0 Å². The highest BCUT2D eigenvalue weighted by molar-refractivity contribution is 8.04. The van der Waals surface area contributed by atoms with Gasteiger partial charge in [0.05, 0.1) is 5.70 Å². The molecule has 0 amide bonds. The molecule has 1 aliphatic heterocycles. The number of benzene rings is 3. The Balaban J connectivity index is 1.35. The van der Waals surface area contributed by atoms with Crippen molar-refractivity contribution in [3.8, 4) is 17.0 Å². The molecule has 0 saturated heterocycles. The molecule has 0 spiro atoms. The van der Waals surface area contributed by atoms with Crippen LogP contribution in [0.25, 0.3) is 16.8 Å². The van der Waals surface area contributed by atoms with Gasteiger partial charge in [0.1, 0.15) is 12.5 Å². The van der Waals surface area contributed by atoms with Gasteiger partial charge < -0.3 is 9.64 Å². The molecule has 2 heterocycles. The lowest BCUT2D eigenvalue weighted by atomic mass is 9.98. The molecule has 3 aromatic carbocycles. The van der Waals surface area contributed by atoms with E-state index in [1.807, 2.05) is 30.5 Å². The first kappa shape index (κ1) is 20.4. The van der Waals surface area contributed by atoms with Crippen molar-refractivity contribution in [2.24, 2.45) is 0 Å². The van der Waals surface area contributed by atoms with E-state index in [4.69, 9.17) is 4.74 Å². The maximum atomic E-state index is 5.86. The number of hydrogen-bond donors (Lipinski definition) is 0. The van der Waals surface area contributed by atoms with Crippen molar-refractivity contribution >= 4 is 17.5 Å². The van der Waals surface area contributed by atoms with Gasteiger partial charge in [-0.3, -0.25) is 0 Å². The molecule has 0 aliphatic carbocycles. The van der Waals surface area contributed by atoms with Gasteiger partial charge >= 0.3 is 0 Å². The van der Waals surface area contributed by atoms with Crippen molar-refractivity contribution in [2.45, 2.75) is 13.2 Å². The Hall–Kier alpha value is -3.50. The average molecular weight is 436 g/mol. The van der Waals surface area contributed by atoms with E-state index in [9.17, 15) is 0 Å². The molecule has 32 heavy (non-hydrogen) atoms. The molecule has 4 aromatic rings. The Morgan fingerprint density at radius 3 is 2.12 bits per heavy atom. The van der Waals surface area contributed by atoms with Crippen molar-refractivity contribution in [1.82, 2.24) is 9.88 Å². The topological polar surface area (TPSA) is 25.4 Å². The van der Waals surface area contributed by atoms with E-state index in [0.717, 1.165) is 23.2 Å². The largest absolute Gasteiger partial charge is 0.473 e. The quantitative estimate of drug-likeness (QED) is 0.312. The molecule has 1 aliphatic rings. The van der Waals surface area contributed by atoms with Gasteiger partial charge in [-0.2, -0.15) is 0 Å². The monoisotopic (exact) mass is 435 g/mol. The molecule has 1 radical (unpaired) electrons. The first-order chi connectivity index (χ1) is 15.9. The average Bonchev–Trinajstić information content (AvgIpc) is 3.32. The standard InChI is InChI=1S/C28H23N2OS/c1-3-9-22(10-4-1)18-30-21-32-20-27(30)26-14-8-7-13-25(26)24-15-16-28(29-17-24)31-19-23-11-5-2-6-12-23/h1-17,20-21H,18-19H2. The summed E-state index contributed by atoms with van der Waals surface area (Å²) in [6, 6.07) is 33.2. The first-order valence-corrected chi connectivity index (χ1v) is 11.5. The summed E-state index contributed by atoms with van der Waals surface area (Å²) < 4.78 is 5.86. The molecule has 0 atom stereocenters. The Morgan fingerprint density at radius 2 is 1.41 bits per heavy atom. The van der Waals surface area contributed by atoms with Gasteiger partial charge in [0.2, 0.25) is 5.88 Å². The summed E-state index contributed by atoms with van der Waals surface area (Å²) in [6.45, 7) is 1.36. The molecule has 5 rings (SSSR count). The van der Waals surface area contributed by atoms with Gasteiger partial charge in [0, 0.05) is 29.9 Å². The van der Waals surface area contributed by atoms with Gasteiger partial charge in [0.25, 0.3) is 0 Å². The fourth-order valence-electron chi connectivity index (χ4n) is 3.73. The maximum absolute atomic E-state index is 5.86. The van der Waals surface area contributed by atoms with E-state index >= 15 is 0 Å². The molecule has 0 bridgehead atoms. The first-order valence-electron chi connectivity index (χ1n) is 10.6. The fraction of sp³-hybridized carbons (Fsp3) is 0.0714. The normalized spacial score (nSPS) is 13.1. The van der Waals surface area contributed by atoms with Crippen LogP contribution in [0.15, 0.2) is 109 Å². The zero-order valence-electron chi connectivity index (χ0n) is 17.6. The minimum Gasteiger partial charge on any atom is -0.473 e. The third kappa shape index (κ3) is 4.71. The summed E-state index contributed by atoms with van der Waals surface area (Å²) in [5.74, 6) is 2.81. The Bertz CT molecular complexity index is 1190. The molecular formula is C28H23N2OS. The van der Waals surface area contributed by atoms with E-state index < -0.39 is 0 Å². The zero-order valence-corrected chi connectivity index (χ0v) is 18.4. The summed E-state index contributed by atoms with van der Waals surface area (Å²) in [5.41, 5.74) is 7.06. The number of nitrogens with zero attached hydrogens (tertiary/aromatic N) is 2. The number of ether oxygens (including phenoxy) is 1. The van der Waals surface area contributed by atoms with Crippen LogP contribution >= 0.6 is 11.8 Å². The van der Waals surface area contributed by atoms with Crippen molar-refractivity contribution in [2.75, 3.05) is 0 Å². The number of aromatic nitrogens is 1. The van der Waals surface area contributed by atoms with E-state index in [-0.39, 0.29) is 0 Å². The van der Waals surface area contributed by atoms with Crippen LogP contribution in [0.2, 0.25) is 0 Å². The van der Waals surface area contributed by atoms with E-state index in [2.05, 4.69) is 94.0 Å². The summed E-state index contributed by atoms with van der Waals surface area (Å²) in [6.07, 6.45) is 1.90. The number of rotatable bonds is 7. The van der Waals surface area contributed by atoms with Crippen LogP contribution in [0.5, 0.6) is 5.88 Å².